The number of ether oxygens (including phenoxy) is 1. The molecular formula is C11H11ClN2O3. The summed E-state index contributed by atoms with van der Waals surface area (Å²) in [5, 5.41) is 3.24. The summed E-state index contributed by atoms with van der Waals surface area (Å²) < 4.78 is 4.76. The monoisotopic (exact) mass is 254 g/mol. The Balaban J connectivity index is 2.28. The van der Waals surface area contributed by atoms with Gasteiger partial charge in [-0.25, -0.2) is 4.79 Å². The van der Waals surface area contributed by atoms with Crippen molar-refractivity contribution in [3.05, 3.63) is 34.3 Å². The van der Waals surface area contributed by atoms with Crippen LogP contribution in [0.4, 0.5) is 4.79 Å². The first-order valence-corrected chi connectivity index (χ1v) is 5.45. The van der Waals surface area contributed by atoms with Crippen molar-refractivity contribution in [2.24, 2.45) is 5.73 Å². The molecule has 0 saturated heterocycles. The van der Waals surface area contributed by atoms with Crippen LogP contribution in [0.25, 0.3) is 0 Å². The quantitative estimate of drug-likeness (QED) is 0.784. The van der Waals surface area contributed by atoms with Crippen LogP contribution in [-0.4, -0.2) is 18.1 Å². The Morgan fingerprint density at radius 3 is 2.94 bits per heavy atom. The number of carbonyl (C=O) groups is 2. The number of hydrogen-bond donors (Lipinski definition) is 2. The van der Waals surface area contributed by atoms with Gasteiger partial charge in [0.15, 0.2) is 6.10 Å². The minimum absolute atomic E-state index is 0.282. The largest absolute Gasteiger partial charge is 0.436 e. The van der Waals surface area contributed by atoms with Crippen LogP contribution in [0, 0.1) is 0 Å². The molecular weight excluding hydrogens is 244 g/mol. The molecule has 2 rings (SSSR count). The van der Waals surface area contributed by atoms with E-state index in [0.717, 1.165) is 11.1 Å². The molecule has 90 valence electrons. The summed E-state index contributed by atoms with van der Waals surface area (Å²) in [6.45, 7) is 0.393. The highest BCUT2D eigenvalue weighted by Crippen LogP contribution is 2.20. The highest BCUT2D eigenvalue weighted by atomic mass is 35.5. The number of halogens is 1. The molecule has 1 aliphatic rings. The molecule has 17 heavy (non-hydrogen) atoms. The molecule has 0 bridgehead atoms. The van der Waals surface area contributed by atoms with Gasteiger partial charge in [0.05, 0.1) is 0 Å². The van der Waals surface area contributed by atoms with Gasteiger partial charge in [0.2, 0.25) is 0 Å². The van der Waals surface area contributed by atoms with Crippen molar-refractivity contribution >= 4 is 23.6 Å². The number of fused-ring (bicyclic) bond motifs is 1. The first-order chi connectivity index (χ1) is 8.06. The van der Waals surface area contributed by atoms with E-state index < -0.39 is 12.2 Å². The van der Waals surface area contributed by atoms with Crippen LogP contribution >= 0.6 is 11.6 Å². The van der Waals surface area contributed by atoms with Crippen LogP contribution in [-0.2, 0) is 22.5 Å². The van der Waals surface area contributed by atoms with Crippen LogP contribution in [0.15, 0.2) is 18.2 Å². The predicted octanol–water partition coefficient (Wildman–Crippen LogP) is 0.976. The third-order valence-electron chi connectivity index (χ3n) is 2.58. The van der Waals surface area contributed by atoms with Gasteiger partial charge >= 0.3 is 6.09 Å². The SMILES string of the molecule is NC(=O)OC1Cc2cc(Cl)ccc2CNC1=O. The van der Waals surface area contributed by atoms with Crippen molar-refractivity contribution < 1.29 is 14.3 Å². The summed E-state index contributed by atoms with van der Waals surface area (Å²) in [4.78, 5) is 22.3. The third kappa shape index (κ3) is 2.68. The second-order valence-electron chi connectivity index (χ2n) is 3.76. The number of rotatable bonds is 1. The number of carbonyl (C=O) groups excluding carboxylic acids is 2. The minimum atomic E-state index is -0.962. The molecule has 0 radical (unpaired) electrons. The summed E-state index contributed by atoms with van der Waals surface area (Å²) in [6.07, 6.45) is -1.58. The zero-order chi connectivity index (χ0) is 12.4. The fraction of sp³-hybridized carbons (Fsp3) is 0.273. The maximum atomic E-state index is 11.6. The number of hydrogen-bond acceptors (Lipinski definition) is 3. The van der Waals surface area contributed by atoms with Gasteiger partial charge in [-0.2, -0.15) is 0 Å². The first kappa shape index (κ1) is 11.7. The van der Waals surface area contributed by atoms with E-state index in [1.165, 1.54) is 0 Å². The van der Waals surface area contributed by atoms with Gasteiger partial charge in [-0.3, -0.25) is 4.79 Å². The van der Waals surface area contributed by atoms with E-state index in [1.54, 1.807) is 12.1 Å². The van der Waals surface area contributed by atoms with Gasteiger partial charge in [-0.15, -0.1) is 0 Å². The fourth-order valence-corrected chi connectivity index (χ4v) is 1.98. The van der Waals surface area contributed by atoms with Crippen molar-refractivity contribution in [3.63, 3.8) is 0 Å². The van der Waals surface area contributed by atoms with E-state index in [2.05, 4.69) is 5.32 Å². The van der Waals surface area contributed by atoms with Crippen molar-refractivity contribution in [3.8, 4) is 0 Å². The summed E-state index contributed by atoms with van der Waals surface area (Å²) in [7, 11) is 0. The summed E-state index contributed by atoms with van der Waals surface area (Å²) >= 11 is 5.88. The molecule has 5 nitrogen and oxygen atoms in total. The Bertz CT molecular complexity index is 476. The van der Waals surface area contributed by atoms with Gasteiger partial charge in [0.1, 0.15) is 0 Å². The summed E-state index contributed by atoms with van der Waals surface area (Å²) in [6, 6.07) is 5.35. The average molecular weight is 255 g/mol. The smallest absolute Gasteiger partial charge is 0.405 e. The van der Waals surface area contributed by atoms with Crippen LogP contribution in [0.5, 0.6) is 0 Å². The van der Waals surface area contributed by atoms with Gasteiger partial charge in [0.25, 0.3) is 5.91 Å². The van der Waals surface area contributed by atoms with Gasteiger partial charge in [-0.1, -0.05) is 17.7 Å². The lowest BCUT2D eigenvalue weighted by Crippen LogP contribution is -2.37. The van der Waals surface area contributed by atoms with Crippen molar-refractivity contribution in [2.45, 2.75) is 19.1 Å². The fourth-order valence-electron chi connectivity index (χ4n) is 1.78. The standard InChI is InChI=1S/C11H11ClN2O3/c12-8-2-1-6-5-14-10(15)9(17-11(13)16)4-7(6)3-8/h1-3,9H,4-5H2,(H2,13,16)(H,14,15). The molecule has 1 heterocycles. The number of nitrogens with two attached hydrogens (primary N) is 1. The first-order valence-electron chi connectivity index (χ1n) is 5.07. The molecule has 0 fully saturated rings. The summed E-state index contributed by atoms with van der Waals surface area (Å²) in [5.74, 6) is -0.351. The second kappa shape index (κ2) is 4.63. The molecule has 0 spiro atoms. The lowest BCUT2D eigenvalue weighted by atomic mass is 10.0. The van der Waals surface area contributed by atoms with E-state index >= 15 is 0 Å². The molecule has 1 aromatic carbocycles. The summed E-state index contributed by atoms with van der Waals surface area (Å²) in [5.41, 5.74) is 6.75. The number of primary amides is 1. The normalized spacial score (nSPS) is 18.9. The van der Waals surface area contributed by atoms with E-state index in [4.69, 9.17) is 22.1 Å². The minimum Gasteiger partial charge on any atom is -0.436 e. The molecule has 1 unspecified atom stereocenters. The zero-order valence-corrected chi connectivity index (χ0v) is 9.66. The number of benzene rings is 1. The van der Waals surface area contributed by atoms with Crippen LogP contribution < -0.4 is 11.1 Å². The highest BCUT2D eigenvalue weighted by molar-refractivity contribution is 6.30. The Labute approximate surface area is 103 Å². The Kier molecular flexibility index (Phi) is 3.19. The molecule has 1 aliphatic heterocycles. The van der Waals surface area contributed by atoms with Crippen molar-refractivity contribution in [2.75, 3.05) is 0 Å². The zero-order valence-electron chi connectivity index (χ0n) is 8.90. The van der Waals surface area contributed by atoms with Crippen molar-refractivity contribution in [1.29, 1.82) is 0 Å². The molecule has 1 atom stereocenters. The Hall–Kier alpha value is -1.75. The molecule has 3 N–H and O–H groups in total. The Morgan fingerprint density at radius 2 is 2.24 bits per heavy atom. The predicted molar refractivity (Wildman–Crippen MR) is 61.5 cm³/mol. The molecule has 2 amide bonds. The average Bonchev–Trinajstić information content (AvgIpc) is 2.39. The van der Waals surface area contributed by atoms with E-state index in [9.17, 15) is 9.59 Å². The maximum absolute atomic E-state index is 11.6. The molecule has 0 aromatic heterocycles. The van der Waals surface area contributed by atoms with Crippen LogP contribution in [0.1, 0.15) is 11.1 Å². The molecule has 6 heteroatoms. The topological polar surface area (TPSA) is 81.4 Å². The highest BCUT2D eigenvalue weighted by Gasteiger charge is 2.26. The third-order valence-corrected chi connectivity index (χ3v) is 2.81. The van der Waals surface area contributed by atoms with Crippen LogP contribution in [0.2, 0.25) is 5.02 Å². The van der Waals surface area contributed by atoms with Crippen LogP contribution in [0.3, 0.4) is 0 Å². The van der Waals surface area contributed by atoms with Gasteiger partial charge in [0, 0.05) is 18.0 Å². The molecule has 0 aliphatic carbocycles. The van der Waals surface area contributed by atoms with E-state index in [-0.39, 0.29) is 12.3 Å². The number of amides is 2. The van der Waals surface area contributed by atoms with Gasteiger partial charge in [-0.05, 0) is 23.3 Å². The second-order valence-corrected chi connectivity index (χ2v) is 4.20. The number of nitrogens with one attached hydrogen (secondary N) is 1. The lowest BCUT2D eigenvalue weighted by Gasteiger charge is -2.12. The van der Waals surface area contributed by atoms with Gasteiger partial charge < -0.3 is 15.8 Å². The van der Waals surface area contributed by atoms with E-state index in [0.29, 0.717) is 11.6 Å². The molecule has 1 aromatic rings. The molecule has 0 saturated carbocycles. The van der Waals surface area contributed by atoms with Crippen molar-refractivity contribution in [1.82, 2.24) is 5.32 Å². The maximum Gasteiger partial charge on any atom is 0.405 e. The van der Waals surface area contributed by atoms with E-state index in [1.807, 2.05) is 6.07 Å². The lowest BCUT2D eigenvalue weighted by molar-refractivity contribution is -0.129. The Morgan fingerprint density at radius 1 is 1.47 bits per heavy atom.